The summed E-state index contributed by atoms with van der Waals surface area (Å²) in [6, 6.07) is 0.285. The first-order chi connectivity index (χ1) is 8.04. The lowest BCUT2D eigenvalue weighted by Gasteiger charge is -2.12. The quantitative estimate of drug-likeness (QED) is 0.793. The van der Waals surface area contributed by atoms with Gasteiger partial charge in [0.05, 0.1) is 14.2 Å². The van der Waals surface area contributed by atoms with E-state index in [0.29, 0.717) is 16.3 Å². The molecule has 17 heavy (non-hydrogen) atoms. The first-order valence-electron chi connectivity index (χ1n) is 5.36. The SMILES string of the molecule is CCC(C)Nc1sc(C(=O)OC)c(N)c1OC. The molecule has 3 N–H and O–H groups in total. The van der Waals surface area contributed by atoms with Crippen LogP contribution in [-0.2, 0) is 4.74 Å². The van der Waals surface area contributed by atoms with Crippen LogP contribution in [0.1, 0.15) is 29.9 Å². The van der Waals surface area contributed by atoms with Gasteiger partial charge in [0.2, 0.25) is 0 Å². The second-order valence-electron chi connectivity index (χ2n) is 3.65. The molecule has 1 atom stereocenters. The lowest BCUT2D eigenvalue weighted by atomic mass is 10.2. The molecule has 0 spiro atoms. The van der Waals surface area contributed by atoms with Crippen LogP contribution in [0.3, 0.4) is 0 Å². The van der Waals surface area contributed by atoms with E-state index in [1.165, 1.54) is 25.6 Å². The number of nitrogens with two attached hydrogens (primary N) is 1. The highest BCUT2D eigenvalue weighted by Crippen LogP contribution is 2.43. The van der Waals surface area contributed by atoms with E-state index in [0.717, 1.165) is 11.4 Å². The second-order valence-corrected chi connectivity index (χ2v) is 4.67. The number of esters is 1. The van der Waals surface area contributed by atoms with Crippen LogP contribution in [0.4, 0.5) is 10.7 Å². The van der Waals surface area contributed by atoms with E-state index >= 15 is 0 Å². The Morgan fingerprint density at radius 3 is 2.65 bits per heavy atom. The third-order valence-corrected chi connectivity index (χ3v) is 3.56. The summed E-state index contributed by atoms with van der Waals surface area (Å²) in [4.78, 5) is 11.9. The van der Waals surface area contributed by atoms with E-state index in [4.69, 9.17) is 10.5 Å². The molecule has 0 aliphatic carbocycles. The van der Waals surface area contributed by atoms with E-state index < -0.39 is 5.97 Å². The minimum absolute atomic E-state index is 0.285. The van der Waals surface area contributed by atoms with Crippen LogP contribution in [0.15, 0.2) is 0 Å². The van der Waals surface area contributed by atoms with Gasteiger partial charge >= 0.3 is 5.97 Å². The van der Waals surface area contributed by atoms with Gasteiger partial charge in [0, 0.05) is 6.04 Å². The predicted molar refractivity (Wildman–Crippen MR) is 70.0 cm³/mol. The summed E-state index contributed by atoms with van der Waals surface area (Å²) in [5.74, 6) is 0.0682. The number of thiophene rings is 1. The number of nitrogens with one attached hydrogen (secondary N) is 1. The highest BCUT2D eigenvalue weighted by atomic mass is 32.1. The monoisotopic (exact) mass is 258 g/mol. The molecule has 0 aliphatic heterocycles. The van der Waals surface area contributed by atoms with Crippen LogP contribution >= 0.6 is 11.3 Å². The maximum Gasteiger partial charge on any atom is 0.350 e. The van der Waals surface area contributed by atoms with Gasteiger partial charge in [-0.1, -0.05) is 6.92 Å². The lowest BCUT2D eigenvalue weighted by Crippen LogP contribution is -2.12. The fourth-order valence-electron chi connectivity index (χ4n) is 1.30. The summed E-state index contributed by atoms with van der Waals surface area (Å²) in [6.45, 7) is 4.12. The molecule has 0 saturated carbocycles. The van der Waals surface area contributed by atoms with Crippen molar-refractivity contribution < 1.29 is 14.3 Å². The number of hydrogen-bond acceptors (Lipinski definition) is 6. The first-order valence-corrected chi connectivity index (χ1v) is 6.17. The molecule has 0 aromatic carbocycles. The zero-order valence-corrected chi connectivity index (χ0v) is 11.3. The molecule has 1 unspecified atom stereocenters. The van der Waals surface area contributed by atoms with E-state index in [1.54, 1.807) is 0 Å². The summed E-state index contributed by atoms with van der Waals surface area (Å²) in [5, 5.41) is 4.02. The van der Waals surface area contributed by atoms with Crippen LogP contribution < -0.4 is 15.8 Å². The molecule has 96 valence electrons. The number of methoxy groups -OCH3 is 2. The Morgan fingerprint density at radius 2 is 2.18 bits per heavy atom. The Labute approximate surface area is 105 Å². The van der Waals surface area contributed by atoms with Crippen molar-refractivity contribution in [3.63, 3.8) is 0 Å². The standard InChI is InChI=1S/C11H18N2O3S/c1-5-6(2)13-10-8(15-3)7(12)9(17-10)11(14)16-4/h6,13H,5,12H2,1-4H3. The molecule has 1 aromatic heterocycles. The van der Waals surface area contributed by atoms with Gasteiger partial charge in [0.1, 0.15) is 15.6 Å². The summed E-state index contributed by atoms with van der Waals surface area (Å²) in [7, 11) is 2.86. The smallest absolute Gasteiger partial charge is 0.350 e. The van der Waals surface area contributed by atoms with Crippen molar-refractivity contribution in [2.45, 2.75) is 26.3 Å². The molecule has 5 nitrogen and oxygen atoms in total. The van der Waals surface area contributed by atoms with Gasteiger partial charge in [-0.15, -0.1) is 11.3 Å². The van der Waals surface area contributed by atoms with Crippen LogP contribution in [0.2, 0.25) is 0 Å². The largest absolute Gasteiger partial charge is 0.492 e. The third kappa shape index (κ3) is 2.82. The van der Waals surface area contributed by atoms with Crippen molar-refractivity contribution in [1.82, 2.24) is 0 Å². The number of ether oxygens (including phenoxy) is 2. The van der Waals surface area contributed by atoms with Crippen LogP contribution in [0.5, 0.6) is 5.75 Å². The Morgan fingerprint density at radius 1 is 1.53 bits per heavy atom. The highest BCUT2D eigenvalue weighted by molar-refractivity contribution is 7.19. The summed E-state index contributed by atoms with van der Waals surface area (Å²) < 4.78 is 9.88. The molecule has 0 aliphatic rings. The predicted octanol–water partition coefficient (Wildman–Crippen LogP) is 2.34. The molecule has 6 heteroatoms. The first kappa shape index (κ1) is 13.6. The average molecular weight is 258 g/mol. The molecule has 1 rings (SSSR count). The van der Waals surface area contributed by atoms with Gasteiger partial charge in [-0.3, -0.25) is 0 Å². The topological polar surface area (TPSA) is 73.6 Å². The lowest BCUT2D eigenvalue weighted by molar-refractivity contribution is 0.0607. The number of carbonyl (C=O) groups excluding carboxylic acids is 1. The normalized spacial score (nSPS) is 12.0. The Hall–Kier alpha value is -1.43. The minimum atomic E-state index is -0.442. The minimum Gasteiger partial charge on any atom is -0.492 e. The van der Waals surface area contributed by atoms with Crippen molar-refractivity contribution in [3.05, 3.63) is 4.88 Å². The van der Waals surface area contributed by atoms with Crippen LogP contribution in [0.25, 0.3) is 0 Å². The van der Waals surface area contributed by atoms with Crippen molar-refractivity contribution >= 4 is 28.0 Å². The third-order valence-electron chi connectivity index (χ3n) is 2.46. The van der Waals surface area contributed by atoms with Gasteiger partial charge in [-0.25, -0.2) is 4.79 Å². The molecule has 1 aromatic rings. The number of nitrogen functional groups attached to an aromatic ring is 1. The molecule has 0 radical (unpaired) electrons. The van der Waals surface area contributed by atoms with Crippen LogP contribution in [0, 0.1) is 0 Å². The highest BCUT2D eigenvalue weighted by Gasteiger charge is 2.22. The maximum atomic E-state index is 11.5. The van der Waals surface area contributed by atoms with Gasteiger partial charge in [0.25, 0.3) is 0 Å². The van der Waals surface area contributed by atoms with Crippen LogP contribution in [-0.4, -0.2) is 26.2 Å². The Kier molecular flexibility index (Phi) is 4.62. The molecule has 1 heterocycles. The fraction of sp³-hybridized carbons (Fsp3) is 0.545. The summed E-state index contributed by atoms with van der Waals surface area (Å²) in [6.07, 6.45) is 0.967. The van der Waals surface area contributed by atoms with E-state index in [1.807, 2.05) is 6.92 Å². The van der Waals surface area contributed by atoms with Crippen molar-refractivity contribution in [3.8, 4) is 5.75 Å². The molecular weight excluding hydrogens is 240 g/mol. The molecule has 0 saturated heterocycles. The van der Waals surface area contributed by atoms with Crippen molar-refractivity contribution in [2.24, 2.45) is 0 Å². The summed E-state index contributed by atoms with van der Waals surface area (Å²) in [5.41, 5.74) is 6.18. The van der Waals surface area contributed by atoms with Crippen molar-refractivity contribution in [1.29, 1.82) is 0 Å². The van der Waals surface area contributed by atoms with Gasteiger partial charge in [-0.2, -0.15) is 0 Å². The molecular formula is C11H18N2O3S. The Bertz CT molecular complexity index is 404. The fourth-order valence-corrected chi connectivity index (χ4v) is 2.42. The molecule has 0 amide bonds. The van der Waals surface area contributed by atoms with Gasteiger partial charge in [-0.05, 0) is 13.3 Å². The molecule has 0 fully saturated rings. The zero-order valence-electron chi connectivity index (χ0n) is 10.5. The second kappa shape index (κ2) is 5.77. The number of rotatable bonds is 5. The maximum absolute atomic E-state index is 11.5. The number of carbonyl (C=O) groups is 1. The van der Waals surface area contributed by atoms with E-state index in [9.17, 15) is 4.79 Å². The van der Waals surface area contributed by atoms with Crippen molar-refractivity contribution in [2.75, 3.05) is 25.3 Å². The van der Waals surface area contributed by atoms with Gasteiger partial charge in [0.15, 0.2) is 5.75 Å². The van der Waals surface area contributed by atoms with Gasteiger partial charge < -0.3 is 20.5 Å². The summed E-state index contributed by atoms with van der Waals surface area (Å²) >= 11 is 1.25. The molecule has 0 bridgehead atoms. The van der Waals surface area contributed by atoms with E-state index in [2.05, 4.69) is 17.0 Å². The number of anilines is 2. The number of hydrogen-bond donors (Lipinski definition) is 2. The van der Waals surface area contributed by atoms with E-state index in [-0.39, 0.29) is 6.04 Å². The Balaban J connectivity index is 3.09. The average Bonchev–Trinajstić information content (AvgIpc) is 2.64. The zero-order chi connectivity index (χ0) is 13.0.